The Hall–Kier alpha value is -1.82. The van der Waals surface area contributed by atoms with Crippen molar-refractivity contribution >= 4 is 0 Å². The molecule has 0 saturated heterocycles. The lowest BCUT2D eigenvalue weighted by Crippen LogP contribution is -1.94. The van der Waals surface area contributed by atoms with Crippen molar-refractivity contribution in [2.45, 2.75) is 47.5 Å². The molecule has 0 aromatic heterocycles. The van der Waals surface area contributed by atoms with Crippen LogP contribution in [-0.2, 0) is 0 Å². The van der Waals surface area contributed by atoms with E-state index in [0.29, 0.717) is 5.92 Å². The van der Waals surface area contributed by atoms with Crippen LogP contribution in [0.15, 0.2) is 73.3 Å². The Morgan fingerprint density at radius 1 is 0.714 bits per heavy atom. The van der Waals surface area contributed by atoms with Crippen LogP contribution in [0.5, 0.6) is 0 Å². The highest BCUT2D eigenvalue weighted by atomic mass is 14.1. The molecule has 116 valence electrons. The monoisotopic (exact) mass is 284 g/mol. The van der Waals surface area contributed by atoms with Gasteiger partial charge < -0.3 is 0 Å². The molecular weight excluding hydrogens is 252 g/mol. The second kappa shape index (κ2) is 16.2. The molecular formula is C21H32. The van der Waals surface area contributed by atoms with E-state index in [1.807, 2.05) is 34.6 Å². The van der Waals surface area contributed by atoms with E-state index in [1.54, 1.807) is 6.08 Å². The minimum Gasteiger partial charge on any atom is -0.103 e. The lowest BCUT2D eigenvalue weighted by molar-refractivity contribution is 0.922. The molecule has 2 aromatic rings. The quantitative estimate of drug-likeness (QED) is 0.517. The van der Waals surface area contributed by atoms with Crippen LogP contribution < -0.4 is 0 Å². The van der Waals surface area contributed by atoms with Gasteiger partial charge in [0.2, 0.25) is 0 Å². The van der Waals surface area contributed by atoms with Crippen molar-refractivity contribution in [2.24, 2.45) is 0 Å². The summed E-state index contributed by atoms with van der Waals surface area (Å²) < 4.78 is 0. The highest BCUT2D eigenvalue weighted by molar-refractivity contribution is 5.31. The average Bonchev–Trinajstić information content (AvgIpc) is 2.60. The van der Waals surface area contributed by atoms with Crippen molar-refractivity contribution in [3.63, 3.8) is 0 Å². The maximum absolute atomic E-state index is 3.36. The van der Waals surface area contributed by atoms with E-state index in [1.165, 1.54) is 11.1 Å². The summed E-state index contributed by atoms with van der Waals surface area (Å²) in [7, 11) is 0. The van der Waals surface area contributed by atoms with Gasteiger partial charge in [0.25, 0.3) is 0 Å². The summed E-state index contributed by atoms with van der Waals surface area (Å²) in [6.07, 6.45) is 1.75. The van der Waals surface area contributed by atoms with Gasteiger partial charge in [-0.1, -0.05) is 101 Å². The first-order valence-electron chi connectivity index (χ1n) is 7.96. The van der Waals surface area contributed by atoms with Gasteiger partial charge in [-0.3, -0.25) is 0 Å². The fraction of sp³-hybridized carbons (Fsp3) is 0.333. The molecule has 0 bridgehead atoms. The predicted molar refractivity (Wildman–Crippen MR) is 99.0 cm³/mol. The maximum atomic E-state index is 3.36. The zero-order valence-electron chi connectivity index (χ0n) is 14.6. The number of hydrogen-bond donors (Lipinski definition) is 0. The molecule has 21 heavy (non-hydrogen) atoms. The number of allylic oxidation sites excluding steroid dienone is 1. The van der Waals surface area contributed by atoms with Crippen LogP contribution in [0.1, 0.15) is 58.6 Å². The van der Waals surface area contributed by atoms with E-state index in [4.69, 9.17) is 0 Å². The topological polar surface area (TPSA) is 0 Å². The summed E-state index contributed by atoms with van der Waals surface area (Å²) in [6.45, 7) is 15.5. The molecule has 2 rings (SSSR count). The molecule has 0 aliphatic rings. The summed E-state index contributed by atoms with van der Waals surface area (Å²) in [5.74, 6) is 0.484. The zero-order chi connectivity index (χ0) is 16.5. The lowest BCUT2D eigenvalue weighted by Gasteiger charge is -2.11. The molecule has 0 atom stereocenters. The third-order valence-electron chi connectivity index (χ3n) is 2.60. The van der Waals surface area contributed by atoms with Crippen LogP contribution in [0, 0.1) is 0 Å². The lowest BCUT2D eigenvalue weighted by atomic mass is 9.93. The van der Waals surface area contributed by atoms with E-state index in [0.717, 1.165) is 0 Å². The Morgan fingerprint density at radius 3 is 1.19 bits per heavy atom. The minimum absolute atomic E-state index is 0.484. The Labute approximate surface area is 132 Å². The van der Waals surface area contributed by atoms with Gasteiger partial charge in [0.1, 0.15) is 0 Å². The van der Waals surface area contributed by atoms with E-state index >= 15 is 0 Å². The van der Waals surface area contributed by atoms with Gasteiger partial charge in [0.05, 0.1) is 0 Å². The van der Waals surface area contributed by atoms with Crippen molar-refractivity contribution in [3.05, 3.63) is 84.4 Å². The van der Waals surface area contributed by atoms with E-state index in [2.05, 4.69) is 74.2 Å². The molecule has 2 aromatic carbocycles. The Balaban J connectivity index is 0. The minimum atomic E-state index is 0.484. The van der Waals surface area contributed by atoms with Gasteiger partial charge >= 0.3 is 0 Å². The zero-order valence-corrected chi connectivity index (χ0v) is 14.6. The Kier molecular flexibility index (Phi) is 16.6. The van der Waals surface area contributed by atoms with Gasteiger partial charge in [-0.05, 0) is 18.1 Å². The average molecular weight is 284 g/mol. The van der Waals surface area contributed by atoms with Gasteiger partial charge in [-0.2, -0.15) is 0 Å². The third kappa shape index (κ3) is 9.67. The first kappa shape index (κ1) is 21.5. The highest BCUT2D eigenvalue weighted by Gasteiger charge is 2.05. The van der Waals surface area contributed by atoms with Crippen LogP contribution in [-0.4, -0.2) is 0 Å². The van der Waals surface area contributed by atoms with Crippen molar-refractivity contribution in [1.29, 1.82) is 0 Å². The fourth-order valence-corrected chi connectivity index (χ4v) is 1.68. The summed E-state index contributed by atoms with van der Waals surface area (Å²) in [6, 6.07) is 21.2. The SMILES string of the molecule is C=CC.CC.CC.CC(c1ccccc1)c1ccccc1. The second-order valence-electron chi connectivity index (χ2n) is 3.95. The summed E-state index contributed by atoms with van der Waals surface area (Å²) in [5.41, 5.74) is 2.75. The van der Waals surface area contributed by atoms with Crippen molar-refractivity contribution in [2.75, 3.05) is 0 Å². The predicted octanol–water partition coefficient (Wildman–Crippen LogP) is 7.08. The number of rotatable bonds is 2. The van der Waals surface area contributed by atoms with Gasteiger partial charge in [-0.25, -0.2) is 0 Å². The summed E-state index contributed by atoms with van der Waals surface area (Å²) in [5, 5.41) is 0. The van der Waals surface area contributed by atoms with Crippen LogP contribution >= 0.6 is 0 Å². The molecule has 0 heterocycles. The van der Waals surface area contributed by atoms with Crippen molar-refractivity contribution in [3.8, 4) is 0 Å². The van der Waals surface area contributed by atoms with E-state index in [-0.39, 0.29) is 0 Å². The van der Waals surface area contributed by atoms with E-state index in [9.17, 15) is 0 Å². The molecule has 0 saturated carbocycles. The first-order valence-corrected chi connectivity index (χ1v) is 7.96. The normalized spacial score (nSPS) is 8.14. The van der Waals surface area contributed by atoms with Crippen LogP contribution in [0.2, 0.25) is 0 Å². The molecule has 0 aliphatic carbocycles. The number of hydrogen-bond acceptors (Lipinski definition) is 0. The standard InChI is InChI=1S/C14H14.C3H6.2C2H6/c1-12(13-8-4-2-5-9-13)14-10-6-3-7-11-14;1-3-2;2*1-2/h2-12H,1H3;3H,1H2,2H3;2*1-2H3. The Bertz CT molecular complexity index is 375. The molecule has 0 unspecified atom stereocenters. The maximum Gasteiger partial charge on any atom is 0.00610 e. The molecule has 0 aliphatic heterocycles. The third-order valence-corrected chi connectivity index (χ3v) is 2.60. The molecule has 0 amide bonds. The first-order chi connectivity index (χ1) is 10.3. The second-order valence-corrected chi connectivity index (χ2v) is 3.95. The largest absolute Gasteiger partial charge is 0.103 e. The van der Waals surface area contributed by atoms with Crippen molar-refractivity contribution < 1.29 is 0 Å². The summed E-state index contributed by atoms with van der Waals surface area (Å²) in [4.78, 5) is 0. The van der Waals surface area contributed by atoms with Gasteiger partial charge in [-0.15, -0.1) is 6.58 Å². The highest BCUT2D eigenvalue weighted by Crippen LogP contribution is 2.22. The summed E-state index contributed by atoms with van der Waals surface area (Å²) >= 11 is 0. The fourth-order valence-electron chi connectivity index (χ4n) is 1.68. The molecule has 0 spiro atoms. The Morgan fingerprint density at radius 2 is 0.952 bits per heavy atom. The smallest absolute Gasteiger partial charge is 0.00610 e. The van der Waals surface area contributed by atoms with Crippen LogP contribution in [0.3, 0.4) is 0 Å². The van der Waals surface area contributed by atoms with Crippen LogP contribution in [0.25, 0.3) is 0 Å². The van der Waals surface area contributed by atoms with Crippen molar-refractivity contribution in [1.82, 2.24) is 0 Å². The number of benzene rings is 2. The molecule has 0 radical (unpaired) electrons. The van der Waals surface area contributed by atoms with E-state index < -0.39 is 0 Å². The van der Waals surface area contributed by atoms with Gasteiger partial charge in [0.15, 0.2) is 0 Å². The molecule has 0 nitrogen and oxygen atoms in total. The molecule has 0 N–H and O–H groups in total. The molecule has 0 fully saturated rings. The van der Waals surface area contributed by atoms with Crippen LogP contribution in [0.4, 0.5) is 0 Å². The van der Waals surface area contributed by atoms with Gasteiger partial charge in [0, 0.05) is 5.92 Å². The molecule has 0 heteroatoms.